The standard InChI is InChI=1S/C24H32N6O2/c1-32-21-11-12-22-17(14-21)13-18(24(31)25-22)15-29(19-7-3-2-4-8-19)16-23-26-27-28-30(23)20-9-5-6-10-20/h11-14,19-20H,2-10,15-16H2,1H3,(H,25,31). The molecule has 0 amide bonds. The summed E-state index contributed by atoms with van der Waals surface area (Å²) < 4.78 is 7.41. The molecule has 0 spiro atoms. The highest BCUT2D eigenvalue weighted by molar-refractivity contribution is 5.80. The molecule has 2 heterocycles. The van der Waals surface area contributed by atoms with E-state index in [1.54, 1.807) is 7.11 Å². The predicted molar refractivity (Wildman–Crippen MR) is 123 cm³/mol. The Labute approximate surface area is 188 Å². The maximum Gasteiger partial charge on any atom is 0.252 e. The summed E-state index contributed by atoms with van der Waals surface area (Å²) in [6, 6.07) is 8.60. The van der Waals surface area contributed by atoms with Gasteiger partial charge in [0.2, 0.25) is 0 Å². The van der Waals surface area contributed by atoms with E-state index in [1.165, 1.54) is 32.1 Å². The van der Waals surface area contributed by atoms with Crippen molar-refractivity contribution in [3.63, 3.8) is 0 Å². The second-order valence-corrected chi connectivity index (χ2v) is 9.25. The van der Waals surface area contributed by atoms with E-state index >= 15 is 0 Å². The highest BCUT2D eigenvalue weighted by Crippen LogP contribution is 2.31. The van der Waals surface area contributed by atoms with Crippen LogP contribution in [0.5, 0.6) is 5.75 Å². The number of aromatic amines is 1. The SMILES string of the molecule is COc1ccc2[nH]c(=O)c(CN(Cc3nnnn3C3CCCC3)C3CCCCC3)cc2c1. The number of methoxy groups -OCH3 is 1. The molecule has 0 saturated heterocycles. The molecule has 0 atom stereocenters. The Morgan fingerprint density at radius 1 is 1.06 bits per heavy atom. The average Bonchev–Trinajstić information content (AvgIpc) is 3.51. The molecule has 2 aliphatic carbocycles. The molecule has 2 fully saturated rings. The fraction of sp³-hybridized carbons (Fsp3) is 0.583. The molecule has 1 aromatic carbocycles. The smallest absolute Gasteiger partial charge is 0.252 e. The lowest BCUT2D eigenvalue weighted by molar-refractivity contribution is 0.132. The number of benzene rings is 1. The fourth-order valence-electron chi connectivity index (χ4n) is 5.38. The second kappa shape index (κ2) is 9.40. The van der Waals surface area contributed by atoms with Gasteiger partial charge in [0, 0.05) is 29.1 Å². The summed E-state index contributed by atoms with van der Waals surface area (Å²) in [6.07, 6.45) is 10.9. The molecule has 3 aromatic rings. The van der Waals surface area contributed by atoms with Gasteiger partial charge in [-0.05, 0) is 60.4 Å². The largest absolute Gasteiger partial charge is 0.497 e. The van der Waals surface area contributed by atoms with E-state index in [9.17, 15) is 4.79 Å². The van der Waals surface area contributed by atoms with Crippen molar-refractivity contribution in [2.45, 2.75) is 83.0 Å². The van der Waals surface area contributed by atoms with Gasteiger partial charge in [-0.3, -0.25) is 9.69 Å². The summed E-state index contributed by atoms with van der Waals surface area (Å²) >= 11 is 0. The minimum absolute atomic E-state index is 0.0288. The topological polar surface area (TPSA) is 88.9 Å². The van der Waals surface area contributed by atoms with Crippen molar-refractivity contribution in [2.24, 2.45) is 0 Å². The Hall–Kier alpha value is -2.74. The molecule has 2 aromatic heterocycles. The van der Waals surface area contributed by atoms with E-state index in [1.807, 2.05) is 28.9 Å². The van der Waals surface area contributed by atoms with Crippen LogP contribution >= 0.6 is 0 Å². The van der Waals surface area contributed by atoms with Crippen molar-refractivity contribution >= 4 is 10.9 Å². The van der Waals surface area contributed by atoms with E-state index in [2.05, 4.69) is 25.4 Å². The number of ether oxygens (including phenoxy) is 1. The molecule has 170 valence electrons. The molecule has 8 heteroatoms. The van der Waals surface area contributed by atoms with Crippen LogP contribution in [-0.2, 0) is 13.1 Å². The van der Waals surface area contributed by atoms with Gasteiger partial charge in [-0.15, -0.1) is 5.10 Å². The van der Waals surface area contributed by atoms with Gasteiger partial charge in [-0.1, -0.05) is 32.1 Å². The van der Waals surface area contributed by atoms with Crippen LogP contribution in [0.1, 0.15) is 75.2 Å². The molecule has 0 unspecified atom stereocenters. The van der Waals surface area contributed by atoms with Gasteiger partial charge in [0.15, 0.2) is 5.82 Å². The normalized spacial score (nSPS) is 18.1. The summed E-state index contributed by atoms with van der Waals surface area (Å²) in [4.78, 5) is 18.4. The van der Waals surface area contributed by atoms with Crippen LogP contribution in [0.25, 0.3) is 10.9 Å². The van der Waals surface area contributed by atoms with Crippen molar-refractivity contribution in [3.05, 3.63) is 46.0 Å². The first-order valence-corrected chi connectivity index (χ1v) is 11.9. The molecular weight excluding hydrogens is 404 g/mol. The zero-order valence-corrected chi connectivity index (χ0v) is 18.8. The number of hydrogen-bond acceptors (Lipinski definition) is 6. The molecule has 5 rings (SSSR count). The van der Waals surface area contributed by atoms with Crippen LogP contribution in [-0.4, -0.2) is 43.2 Å². The third kappa shape index (κ3) is 4.41. The molecule has 0 bridgehead atoms. The average molecular weight is 437 g/mol. The fourth-order valence-corrected chi connectivity index (χ4v) is 5.38. The van der Waals surface area contributed by atoms with Crippen LogP contribution in [0.3, 0.4) is 0 Å². The molecule has 2 saturated carbocycles. The zero-order valence-electron chi connectivity index (χ0n) is 18.8. The summed E-state index contributed by atoms with van der Waals surface area (Å²) in [5.41, 5.74) is 1.57. The van der Waals surface area contributed by atoms with Gasteiger partial charge in [0.05, 0.1) is 19.7 Å². The van der Waals surface area contributed by atoms with E-state index in [4.69, 9.17) is 4.74 Å². The lowest BCUT2D eigenvalue weighted by Crippen LogP contribution is -2.38. The number of aromatic nitrogens is 5. The van der Waals surface area contributed by atoms with Crippen molar-refractivity contribution in [3.8, 4) is 5.75 Å². The summed E-state index contributed by atoms with van der Waals surface area (Å²) in [7, 11) is 1.66. The number of nitrogens with one attached hydrogen (secondary N) is 1. The van der Waals surface area contributed by atoms with Gasteiger partial charge in [0.25, 0.3) is 5.56 Å². The van der Waals surface area contributed by atoms with Crippen LogP contribution in [0, 0.1) is 0 Å². The van der Waals surface area contributed by atoms with Gasteiger partial charge in [0.1, 0.15) is 5.75 Å². The molecule has 1 N–H and O–H groups in total. The summed E-state index contributed by atoms with van der Waals surface area (Å²) in [6.45, 7) is 1.26. The molecule has 2 aliphatic rings. The van der Waals surface area contributed by atoms with Crippen LogP contribution in [0.15, 0.2) is 29.1 Å². The van der Waals surface area contributed by atoms with E-state index in [0.717, 1.165) is 53.7 Å². The zero-order chi connectivity index (χ0) is 21.9. The van der Waals surface area contributed by atoms with Gasteiger partial charge in [-0.2, -0.15) is 0 Å². The third-order valence-corrected chi connectivity index (χ3v) is 7.17. The summed E-state index contributed by atoms with van der Waals surface area (Å²) in [5.74, 6) is 1.71. The summed E-state index contributed by atoms with van der Waals surface area (Å²) in [5, 5.41) is 13.7. The Morgan fingerprint density at radius 2 is 1.84 bits per heavy atom. The number of H-pyrrole nitrogens is 1. The number of rotatable bonds is 7. The predicted octanol–water partition coefficient (Wildman–Crippen LogP) is 3.97. The number of tetrazole rings is 1. The molecule has 32 heavy (non-hydrogen) atoms. The Bertz CT molecular complexity index is 1110. The Morgan fingerprint density at radius 3 is 2.62 bits per heavy atom. The van der Waals surface area contributed by atoms with E-state index < -0.39 is 0 Å². The maximum atomic E-state index is 12.9. The number of fused-ring (bicyclic) bond motifs is 1. The first kappa shape index (κ1) is 21.1. The molecule has 0 radical (unpaired) electrons. The Balaban J connectivity index is 1.44. The van der Waals surface area contributed by atoms with Crippen LogP contribution < -0.4 is 10.3 Å². The third-order valence-electron chi connectivity index (χ3n) is 7.17. The highest BCUT2D eigenvalue weighted by atomic mass is 16.5. The lowest BCUT2D eigenvalue weighted by Gasteiger charge is -2.34. The monoisotopic (exact) mass is 436 g/mol. The van der Waals surface area contributed by atoms with Crippen molar-refractivity contribution < 1.29 is 4.74 Å². The highest BCUT2D eigenvalue weighted by Gasteiger charge is 2.27. The molecule has 8 nitrogen and oxygen atoms in total. The second-order valence-electron chi connectivity index (χ2n) is 9.25. The first-order chi connectivity index (χ1) is 15.7. The minimum Gasteiger partial charge on any atom is -0.497 e. The molecule has 0 aliphatic heterocycles. The van der Waals surface area contributed by atoms with E-state index in [0.29, 0.717) is 25.2 Å². The quantitative estimate of drug-likeness (QED) is 0.603. The number of hydrogen-bond donors (Lipinski definition) is 1. The first-order valence-electron chi connectivity index (χ1n) is 11.9. The molecular formula is C24H32N6O2. The van der Waals surface area contributed by atoms with Crippen LogP contribution in [0.4, 0.5) is 0 Å². The van der Waals surface area contributed by atoms with Crippen LogP contribution in [0.2, 0.25) is 0 Å². The van der Waals surface area contributed by atoms with Crippen molar-refractivity contribution in [1.82, 2.24) is 30.1 Å². The van der Waals surface area contributed by atoms with Crippen molar-refractivity contribution in [2.75, 3.05) is 7.11 Å². The number of pyridine rings is 1. The van der Waals surface area contributed by atoms with Gasteiger partial charge >= 0.3 is 0 Å². The van der Waals surface area contributed by atoms with Gasteiger partial charge < -0.3 is 9.72 Å². The Kier molecular flexibility index (Phi) is 6.21. The van der Waals surface area contributed by atoms with E-state index in [-0.39, 0.29) is 5.56 Å². The minimum atomic E-state index is -0.0288. The van der Waals surface area contributed by atoms with Gasteiger partial charge in [-0.25, -0.2) is 4.68 Å². The number of nitrogens with zero attached hydrogens (tertiary/aromatic N) is 5. The van der Waals surface area contributed by atoms with Crippen molar-refractivity contribution in [1.29, 1.82) is 0 Å². The lowest BCUT2D eigenvalue weighted by atomic mass is 9.93. The maximum absolute atomic E-state index is 12.9.